The third kappa shape index (κ3) is 5.15. The van der Waals surface area contributed by atoms with Gasteiger partial charge in [-0.15, -0.1) is 10.2 Å². The molecule has 1 aromatic carbocycles. The molecule has 0 spiro atoms. The van der Waals surface area contributed by atoms with E-state index in [0.717, 1.165) is 56.7 Å². The molecule has 2 aromatic rings. The number of benzene rings is 1. The van der Waals surface area contributed by atoms with Crippen LogP contribution in [0.1, 0.15) is 19.2 Å². The minimum atomic E-state index is 0.592. The Kier molecular flexibility index (Phi) is 7.11. The quantitative estimate of drug-likeness (QED) is 0.530. The first-order chi connectivity index (χ1) is 13.7. The first kappa shape index (κ1) is 20.0. The highest BCUT2D eigenvalue weighted by atomic mass is 16.5. The Morgan fingerprint density at radius 2 is 2.25 bits per heavy atom. The molecule has 8 nitrogen and oxygen atoms in total. The number of hydrogen-bond acceptors (Lipinski definition) is 5. The predicted octanol–water partition coefficient (Wildman–Crippen LogP) is 1.54. The van der Waals surface area contributed by atoms with Crippen molar-refractivity contribution in [3.8, 4) is 5.75 Å². The Morgan fingerprint density at radius 1 is 1.36 bits per heavy atom. The number of anilines is 1. The monoisotopic (exact) mass is 385 g/mol. The van der Waals surface area contributed by atoms with Gasteiger partial charge in [0.2, 0.25) is 0 Å². The topological polar surface area (TPSA) is 79.6 Å². The van der Waals surface area contributed by atoms with E-state index in [2.05, 4.69) is 54.3 Å². The van der Waals surface area contributed by atoms with Crippen molar-refractivity contribution in [2.24, 2.45) is 10.9 Å². The lowest BCUT2D eigenvalue weighted by Crippen LogP contribution is -2.41. The van der Waals surface area contributed by atoms with Gasteiger partial charge >= 0.3 is 0 Å². The van der Waals surface area contributed by atoms with Crippen molar-refractivity contribution >= 4 is 11.6 Å². The van der Waals surface area contributed by atoms with E-state index in [1.807, 2.05) is 19.2 Å². The molecule has 3 rings (SSSR count). The Morgan fingerprint density at radius 3 is 3.04 bits per heavy atom. The second-order valence-corrected chi connectivity index (χ2v) is 6.98. The lowest BCUT2D eigenvalue weighted by atomic mass is 10.1. The van der Waals surface area contributed by atoms with Crippen LogP contribution in [0.4, 0.5) is 5.69 Å². The van der Waals surface area contributed by atoms with Gasteiger partial charge in [0.15, 0.2) is 5.96 Å². The molecule has 2 N–H and O–H groups in total. The lowest BCUT2D eigenvalue weighted by molar-refractivity contribution is 0.415. The molecule has 8 heteroatoms. The summed E-state index contributed by atoms with van der Waals surface area (Å²) in [5, 5.41) is 14.9. The number of rotatable bonds is 8. The van der Waals surface area contributed by atoms with E-state index in [1.165, 1.54) is 12.1 Å². The van der Waals surface area contributed by atoms with Crippen LogP contribution in [-0.4, -0.2) is 61.1 Å². The Hall–Kier alpha value is -2.77. The number of nitrogens with zero attached hydrogens (tertiary/aromatic N) is 5. The summed E-state index contributed by atoms with van der Waals surface area (Å²) in [6, 6.07) is 8.28. The average molecular weight is 386 g/mol. The second kappa shape index (κ2) is 9.96. The van der Waals surface area contributed by atoms with Crippen LogP contribution in [0.3, 0.4) is 0 Å². The SMILES string of the molecule is CCc1nncn1CCNC(=NC)NCC1CCN(c2cccc(OC)c2)C1. The first-order valence-electron chi connectivity index (χ1n) is 9.93. The van der Waals surface area contributed by atoms with Gasteiger partial charge in [0.05, 0.1) is 7.11 Å². The number of hydrogen-bond donors (Lipinski definition) is 2. The van der Waals surface area contributed by atoms with Gasteiger partial charge in [0.25, 0.3) is 0 Å². The van der Waals surface area contributed by atoms with Crippen molar-refractivity contribution in [1.29, 1.82) is 0 Å². The van der Waals surface area contributed by atoms with Gasteiger partial charge in [-0.05, 0) is 24.5 Å². The molecule has 1 fully saturated rings. The predicted molar refractivity (Wildman–Crippen MR) is 112 cm³/mol. The zero-order chi connectivity index (χ0) is 19.8. The molecule has 1 unspecified atom stereocenters. The van der Waals surface area contributed by atoms with Gasteiger partial charge in [-0.25, -0.2) is 0 Å². The van der Waals surface area contributed by atoms with Crippen LogP contribution >= 0.6 is 0 Å². The molecule has 1 atom stereocenters. The molecule has 0 bridgehead atoms. The summed E-state index contributed by atoms with van der Waals surface area (Å²) in [6.45, 7) is 6.71. The molecule has 1 aliphatic rings. The number of methoxy groups -OCH3 is 1. The van der Waals surface area contributed by atoms with Crippen LogP contribution in [0.25, 0.3) is 0 Å². The Labute approximate surface area is 167 Å². The van der Waals surface area contributed by atoms with Crippen LogP contribution in [0.15, 0.2) is 35.6 Å². The summed E-state index contributed by atoms with van der Waals surface area (Å²) >= 11 is 0. The lowest BCUT2D eigenvalue weighted by Gasteiger charge is -2.20. The number of aromatic nitrogens is 3. The fraction of sp³-hybridized carbons (Fsp3) is 0.550. The largest absolute Gasteiger partial charge is 0.497 e. The van der Waals surface area contributed by atoms with Crippen molar-refractivity contribution in [3.63, 3.8) is 0 Å². The minimum absolute atomic E-state index is 0.592. The second-order valence-electron chi connectivity index (χ2n) is 6.98. The standard InChI is InChI=1S/C20H31N7O/c1-4-19-25-24-15-27(19)11-9-22-20(21-2)23-13-16-8-10-26(14-16)17-6-5-7-18(12-17)28-3/h5-7,12,15-16H,4,8-11,13-14H2,1-3H3,(H2,21,22,23). The van der Waals surface area contributed by atoms with Gasteiger partial charge in [0, 0.05) is 57.9 Å². The maximum Gasteiger partial charge on any atom is 0.191 e. The van der Waals surface area contributed by atoms with Gasteiger partial charge < -0.3 is 24.8 Å². The highest BCUT2D eigenvalue weighted by molar-refractivity contribution is 5.79. The van der Waals surface area contributed by atoms with Gasteiger partial charge in [-0.3, -0.25) is 4.99 Å². The van der Waals surface area contributed by atoms with Crippen molar-refractivity contribution in [2.75, 3.05) is 45.2 Å². The molecule has 2 heterocycles. The van der Waals surface area contributed by atoms with Gasteiger partial charge in [0.1, 0.15) is 17.9 Å². The highest BCUT2D eigenvalue weighted by Crippen LogP contribution is 2.26. The third-order valence-electron chi connectivity index (χ3n) is 5.14. The molecule has 0 aliphatic carbocycles. The van der Waals surface area contributed by atoms with Crippen LogP contribution in [0.5, 0.6) is 5.75 Å². The number of nitrogens with one attached hydrogen (secondary N) is 2. The van der Waals surface area contributed by atoms with E-state index in [4.69, 9.17) is 4.74 Å². The summed E-state index contributed by atoms with van der Waals surface area (Å²) < 4.78 is 7.41. The van der Waals surface area contributed by atoms with Crippen LogP contribution < -0.4 is 20.3 Å². The molecular formula is C20H31N7O. The fourth-order valence-electron chi connectivity index (χ4n) is 3.54. The molecule has 1 aromatic heterocycles. The summed E-state index contributed by atoms with van der Waals surface area (Å²) in [7, 11) is 3.52. The van der Waals surface area contributed by atoms with E-state index in [0.29, 0.717) is 5.92 Å². The van der Waals surface area contributed by atoms with E-state index >= 15 is 0 Å². The fourth-order valence-corrected chi connectivity index (χ4v) is 3.54. The van der Waals surface area contributed by atoms with Crippen LogP contribution in [0.2, 0.25) is 0 Å². The Bertz CT molecular complexity index is 773. The van der Waals surface area contributed by atoms with Gasteiger partial charge in [-0.2, -0.15) is 0 Å². The molecule has 152 valence electrons. The van der Waals surface area contributed by atoms with Crippen molar-refractivity contribution in [3.05, 3.63) is 36.4 Å². The van der Waals surface area contributed by atoms with Crippen LogP contribution in [0, 0.1) is 5.92 Å². The van der Waals surface area contributed by atoms with Crippen LogP contribution in [-0.2, 0) is 13.0 Å². The third-order valence-corrected chi connectivity index (χ3v) is 5.14. The van der Waals surface area contributed by atoms with E-state index in [1.54, 1.807) is 13.4 Å². The van der Waals surface area contributed by atoms with Gasteiger partial charge in [-0.1, -0.05) is 13.0 Å². The molecule has 28 heavy (non-hydrogen) atoms. The van der Waals surface area contributed by atoms with Crippen molar-refractivity contribution in [1.82, 2.24) is 25.4 Å². The average Bonchev–Trinajstić information content (AvgIpc) is 3.39. The van der Waals surface area contributed by atoms with E-state index in [-0.39, 0.29) is 0 Å². The van der Waals surface area contributed by atoms with Crippen molar-refractivity contribution < 1.29 is 4.74 Å². The maximum absolute atomic E-state index is 5.34. The zero-order valence-corrected chi connectivity index (χ0v) is 17.1. The number of aliphatic imine (C=N–C) groups is 1. The summed E-state index contributed by atoms with van der Waals surface area (Å²) in [5.74, 6) is 3.34. The summed E-state index contributed by atoms with van der Waals surface area (Å²) in [6.07, 6.45) is 3.84. The normalized spacial score (nSPS) is 17.0. The first-order valence-corrected chi connectivity index (χ1v) is 9.93. The molecule has 1 aliphatic heterocycles. The number of aryl methyl sites for hydroxylation is 1. The van der Waals surface area contributed by atoms with E-state index < -0.39 is 0 Å². The number of ether oxygens (including phenoxy) is 1. The van der Waals surface area contributed by atoms with E-state index in [9.17, 15) is 0 Å². The zero-order valence-electron chi connectivity index (χ0n) is 17.1. The highest BCUT2D eigenvalue weighted by Gasteiger charge is 2.23. The molecule has 0 amide bonds. The minimum Gasteiger partial charge on any atom is -0.497 e. The Balaban J connectivity index is 1.41. The molecular weight excluding hydrogens is 354 g/mol. The summed E-state index contributed by atoms with van der Waals surface area (Å²) in [4.78, 5) is 6.75. The molecule has 0 radical (unpaired) electrons. The number of guanidine groups is 1. The molecule has 0 saturated carbocycles. The summed E-state index contributed by atoms with van der Waals surface area (Å²) in [5.41, 5.74) is 1.23. The van der Waals surface area contributed by atoms with Crippen molar-refractivity contribution in [2.45, 2.75) is 26.3 Å². The molecule has 1 saturated heterocycles. The smallest absolute Gasteiger partial charge is 0.191 e. The maximum atomic E-state index is 5.34.